The van der Waals surface area contributed by atoms with Crippen LogP contribution < -0.4 is 15.9 Å². The molecule has 2 heterocycles. The van der Waals surface area contributed by atoms with E-state index in [9.17, 15) is 9.59 Å². The number of nitrogens with one attached hydrogen (secondary N) is 3. The predicted molar refractivity (Wildman–Crippen MR) is 102 cm³/mol. The van der Waals surface area contributed by atoms with Gasteiger partial charge < -0.3 is 20.2 Å². The molecule has 4 rings (SSSR count). The zero-order valence-corrected chi connectivity index (χ0v) is 15.0. The van der Waals surface area contributed by atoms with Crippen LogP contribution >= 0.6 is 15.9 Å². The highest BCUT2D eigenvalue weighted by Crippen LogP contribution is 2.28. The van der Waals surface area contributed by atoms with Crippen molar-refractivity contribution in [3.05, 3.63) is 56.9 Å². The summed E-state index contributed by atoms with van der Waals surface area (Å²) in [4.78, 5) is 31.4. The number of halogens is 1. The molecule has 1 aliphatic rings. The molecular weight excluding hydrogens is 384 g/mol. The molecule has 0 bridgehead atoms. The van der Waals surface area contributed by atoms with Gasteiger partial charge in [0.15, 0.2) is 0 Å². The van der Waals surface area contributed by atoms with Crippen molar-refractivity contribution in [1.29, 1.82) is 0 Å². The molecule has 0 fully saturated rings. The highest BCUT2D eigenvalue weighted by atomic mass is 79.9. The van der Waals surface area contributed by atoms with Crippen molar-refractivity contribution in [2.24, 2.45) is 0 Å². The quantitative estimate of drug-likeness (QED) is 0.631. The van der Waals surface area contributed by atoms with Gasteiger partial charge in [-0.3, -0.25) is 4.79 Å². The summed E-state index contributed by atoms with van der Waals surface area (Å²) in [6, 6.07) is 11.7. The van der Waals surface area contributed by atoms with Crippen LogP contribution in [0.4, 0.5) is 11.4 Å². The Hall–Kier alpha value is -2.54. The molecule has 0 saturated carbocycles. The smallest absolute Gasteiger partial charge is 0.323 e. The maximum absolute atomic E-state index is 12.5. The lowest BCUT2D eigenvalue weighted by atomic mass is 10.0. The van der Waals surface area contributed by atoms with E-state index in [2.05, 4.69) is 48.2 Å². The second-order valence-electron chi connectivity index (χ2n) is 6.16. The van der Waals surface area contributed by atoms with Gasteiger partial charge >= 0.3 is 5.69 Å². The number of benzene rings is 2. The molecule has 128 valence electrons. The van der Waals surface area contributed by atoms with Gasteiger partial charge in [-0.2, -0.15) is 0 Å². The van der Waals surface area contributed by atoms with Gasteiger partial charge in [0.1, 0.15) is 0 Å². The number of amides is 1. The fourth-order valence-corrected chi connectivity index (χ4v) is 3.73. The number of rotatable bonds is 3. The molecule has 25 heavy (non-hydrogen) atoms. The summed E-state index contributed by atoms with van der Waals surface area (Å²) in [6.07, 6.45) is 2.10. The molecule has 0 spiro atoms. The van der Waals surface area contributed by atoms with E-state index >= 15 is 0 Å². The Kier molecular flexibility index (Phi) is 4.09. The van der Waals surface area contributed by atoms with E-state index < -0.39 is 0 Å². The van der Waals surface area contributed by atoms with Crippen LogP contribution in [0.15, 0.2) is 45.7 Å². The normalized spacial score (nSPS) is 13.7. The van der Waals surface area contributed by atoms with Crippen molar-refractivity contribution in [2.45, 2.75) is 12.8 Å². The topological polar surface area (TPSA) is 81.0 Å². The van der Waals surface area contributed by atoms with Crippen LogP contribution in [0.1, 0.15) is 12.0 Å². The average Bonchev–Trinajstić information content (AvgIpc) is 2.94. The van der Waals surface area contributed by atoms with E-state index in [0.717, 1.165) is 29.5 Å². The molecule has 7 heteroatoms. The number of imidazole rings is 1. The molecule has 1 aromatic heterocycles. The largest absolute Gasteiger partial charge is 0.362 e. The fraction of sp³-hybridized carbons (Fsp3) is 0.222. The number of nitrogens with zero attached hydrogens (tertiary/aromatic N) is 1. The molecule has 2 aromatic carbocycles. The lowest BCUT2D eigenvalue weighted by Crippen LogP contribution is -2.36. The molecule has 1 amide bonds. The Bertz CT molecular complexity index is 1010. The number of carbonyl (C=O) groups is 1. The third kappa shape index (κ3) is 3.19. The van der Waals surface area contributed by atoms with Gasteiger partial charge in [0.2, 0.25) is 5.91 Å². The third-order valence-electron chi connectivity index (χ3n) is 4.42. The molecule has 6 nitrogen and oxygen atoms in total. The summed E-state index contributed by atoms with van der Waals surface area (Å²) in [5, 5.41) is 2.93. The second-order valence-corrected chi connectivity index (χ2v) is 7.01. The Morgan fingerprint density at radius 3 is 2.80 bits per heavy atom. The van der Waals surface area contributed by atoms with Crippen molar-refractivity contribution in [3.63, 3.8) is 0 Å². The first kappa shape index (κ1) is 16.0. The zero-order chi connectivity index (χ0) is 17.4. The molecule has 0 atom stereocenters. The minimum atomic E-state index is -0.268. The number of H-pyrrole nitrogens is 2. The summed E-state index contributed by atoms with van der Waals surface area (Å²) in [5.41, 5.74) is 4.14. The highest BCUT2D eigenvalue weighted by Gasteiger charge is 2.19. The van der Waals surface area contributed by atoms with Crippen molar-refractivity contribution in [3.8, 4) is 0 Å². The molecule has 0 saturated heterocycles. The first-order chi connectivity index (χ1) is 12.1. The van der Waals surface area contributed by atoms with Crippen LogP contribution in [0.2, 0.25) is 0 Å². The van der Waals surface area contributed by atoms with Crippen LogP contribution in [0.5, 0.6) is 0 Å². The summed E-state index contributed by atoms with van der Waals surface area (Å²) in [6.45, 7) is 1.17. The number of aromatic nitrogens is 2. The highest BCUT2D eigenvalue weighted by molar-refractivity contribution is 9.10. The third-order valence-corrected chi connectivity index (χ3v) is 5.07. The number of aryl methyl sites for hydroxylation is 1. The number of anilines is 2. The molecule has 3 N–H and O–H groups in total. The molecule has 0 aliphatic carbocycles. The Morgan fingerprint density at radius 1 is 1.20 bits per heavy atom. The number of aromatic amines is 2. The SMILES string of the molecule is O=C(CN1CCCc2ccccc21)Nc1cc2[nH]c(=O)[nH]c2cc1Br. The molecule has 1 aliphatic heterocycles. The maximum atomic E-state index is 12.5. The monoisotopic (exact) mass is 400 g/mol. The minimum Gasteiger partial charge on any atom is -0.362 e. The maximum Gasteiger partial charge on any atom is 0.323 e. The number of hydrogen-bond acceptors (Lipinski definition) is 3. The Morgan fingerprint density at radius 2 is 1.96 bits per heavy atom. The van der Waals surface area contributed by atoms with Gasteiger partial charge in [-0.25, -0.2) is 4.79 Å². The van der Waals surface area contributed by atoms with Gasteiger partial charge in [0.25, 0.3) is 0 Å². The van der Waals surface area contributed by atoms with Crippen molar-refractivity contribution < 1.29 is 4.79 Å². The summed E-state index contributed by atoms with van der Waals surface area (Å²) < 4.78 is 0.725. The van der Waals surface area contributed by atoms with Gasteiger partial charge in [-0.05, 0) is 52.5 Å². The zero-order valence-electron chi connectivity index (χ0n) is 13.4. The summed E-state index contributed by atoms with van der Waals surface area (Å²) >= 11 is 3.44. The van der Waals surface area contributed by atoms with Gasteiger partial charge in [-0.1, -0.05) is 18.2 Å². The average molecular weight is 401 g/mol. The molecule has 0 unspecified atom stereocenters. The number of fused-ring (bicyclic) bond motifs is 2. The van der Waals surface area contributed by atoms with E-state index in [-0.39, 0.29) is 11.6 Å². The molecule has 3 aromatic rings. The van der Waals surface area contributed by atoms with E-state index in [1.807, 2.05) is 12.1 Å². The summed E-state index contributed by atoms with van der Waals surface area (Å²) in [7, 11) is 0. The van der Waals surface area contributed by atoms with Crippen LogP contribution in [-0.2, 0) is 11.2 Å². The van der Waals surface area contributed by atoms with Gasteiger partial charge in [0, 0.05) is 16.7 Å². The van der Waals surface area contributed by atoms with E-state index in [4.69, 9.17) is 0 Å². The van der Waals surface area contributed by atoms with E-state index in [1.54, 1.807) is 12.1 Å². The molecule has 0 radical (unpaired) electrons. The van der Waals surface area contributed by atoms with Gasteiger partial charge in [-0.15, -0.1) is 0 Å². The van der Waals surface area contributed by atoms with Crippen LogP contribution in [0.3, 0.4) is 0 Å². The number of hydrogen-bond donors (Lipinski definition) is 3. The Labute approximate surface area is 152 Å². The predicted octanol–water partition coefficient (Wildman–Crippen LogP) is 3.01. The van der Waals surface area contributed by atoms with Crippen LogP contribution in [0.25, 0.3) is 11.0 Å². The second kappa shape index (κ2) is 6.40. The lowest BCUT2D eigenvalue weighted by Gasteiger charge is -2.30. The first-order valence-corrected chi connectivity index (χ1v) is 8.94. The Balaban J connectivity index is 1.53. The van der Waals surface area contributed by atoms with Gasteiger partial charge in [0.05, 0.1) is 23.3 Å². The standard InChI is InChI=1S/C18H17BrN4O2/c19-12-8-14-15(22-18(25)21-14)9-13(12)20-17(24)10-23-7-3-5-11-4-1-2-6-16(11)23/h1-2,4,6,8-9H,3,5,7,10H2,(H,20,24)(H2,21,22,25). The number of carbonyl (C=O) groups excluding carboxylic acids is 1. The fourth-order valence-electron chi connectivity index (χ4n) is 3.29. The first-order valence-electron chi connectivity index (χ1n) is 8.14. The minimum absolute atomic E-state index is 0.0883. The van der Waals surface area contributed by atoms with Crippen LogP contribution in [-0.4, -0.2) is 29.0 Å². The van der Waals surface area contributed by atoms with E-state index in [1.165, 1.54) is 5.56 Å². The molecular formula is C18H17BrN4O2. The van der Waals surface area contributed by atoms with Crippen molar-refractivity contribution in [1.82, 2.24) is 9.97 Å². The van der Waals surface area contributed by atoms with Crippen molar-refractivity contribution in [2.75, 3.05) is 23.3 Å². The number of para-hydroxylation sites is 1. The lowest BCUT2D eigenvalue weighted by molar-refractivity contribution is -0.115. The summed E-state index contributed by atoms with van der Waals surface area (Å²) in [5.74, 6) is -0.0883. The van der Waals surface area contributed by atoms with E-state index in [0.29, 0.717) is 23.3 Å². The van der Waals surface area contributed by atoms with Crippen molar-refractivity contribution >= 4 is 44.2 Å². The van der Waals surface area contributed by atoms with Crippen LogP contribution in [0, 0.1) is 0 Å².